The minimum Gasteiger partial charge on any atom is -0.395 e. The van der Waals surface area contributed by atoms with Gasteiger partial charge in [-0.2, -0.15) is 0 Å². The molecule has 2 rings (SSSR count). The summed E-state index contributed by atoms with van der Waals surface area (Å²) in [7, 11) is 0. The molecule has 0 aromatic heterocycles. The van der Waals surface area contributed by atoms with E-state index in [1.165, 1.54) is 38.5 Å². The third kappa shape index (κ3) is 5.01. The zero-order chi connectivity index (χ0) is 13.5. The fraction of sp³-hybridized carbons (Fsp3) is 0.933. The van der Waals surface area contributed by atoms with Gasteiger partial charge in [-0.3, -0.25) is 0 Å². The summed E-state index contributed by atoms with van der Waals surface area (Å²) in [4.78, 5) is 13.8. The Bertz CT molecular complexity index is 273. The minimum atomic E-state index is 0.0141. The van der Waals surface area contributed by atoms with E-state index in [-0.39, 0.29) is 12.6 Å². The van der Waals surface area contributed by atoms with Crippen molar-refractivity contribution < 1.29 is 9.90 Å². The van der Waals surface area contributed by atoms with Crippen molar-refractivity contribution in [3.63, 3.8) is 0 Å². The number of aliphatic hydroxyl groups is 1. The van der Waals surface area contributed by atoms with Gasteiger partial charge in [0.15, 0.2) is 0 Å². The van der Waals surface area contributed by atoms with Crippen molar-refractivity contribution in [1.29, 1.82) is 0 Å². The average Bonchev–Trinajstić information content (AvgIpc) is 3.26. The average molecular weight is 268 g/mol. The van der Waals surface area contributed by atoms with Crippen LogP contribution in [0.2, 0.25) is 0 Å². The van der Waals surface area contributed by atoms with Crippen LogP contribution in [0.4, 0.5) is 4.79 Å². The molecule has 2 amide bonds. The summed E-state index contributed by atoms with van der Waals surface area (Å²) < 4.78 is 0. The predicted octanol–water partition coefficient (Wildman–Crippen LogP) is 2.51. The van der Waals surface area contributed by atoms with Gasteiger partial charge >= 0.3 is 6.03 Å². The number of rotatable bonds is 7. The highest BCUT2D eigenvalue weighted by Gasteiger charge is 2.31. The highest BCUT2D eigenvalue weighted by Crippen LogP contribution is 2.27. The van der Waals surface area contributed by atoms with E-state index in [0.717, 1.165) is 31.7 Å². The van der Waals surface area contributed by atoms with Gasteiger partial charge in [0.25, 0.3) is 0 Å². The van der Waals surface area contributed by atoms with E-state index in [0.29, 0.717) is 12.6 Å². The van der Waals surface area contributed by atoms with Crippen molar-refractivity contribution in [1.82, 2.24) is 10.2 Å². The number of urea groups is 1. The second kappa shape index (κ2) is 7.73. The molecule has 0 aromatic rings. The van der Waals surface area contributed by atoms with Gasteiger partial charge in [-0.15, -0.1) is 0 Å². The molecule has 0 radical (unpaired) electrons. The van der Waals surface area contributed by atoms with Crippen LogP contribution in [-0.4, -0.2) is 41.8 Å². The van der Waals surface area contributed by atoms with Gasteiger partial charge in [0.1, 0.15) is 0 Å². The molecular formula is C15H28N2O2. The fourth-order valence-corrected chi connectivity index (χ4v) is 3.11. The van der Waals surface area contributed by atoms with Gasteiger partial charge in [-0.1, -0.05) is 32.1 Å². The van der Waals surface area contributed by atoms with Gasteiger partial charge in [0, 0.05) is 19.1 Å². The summed E-state index contributed by atoms with van der Waals surface area (Å²) in [6.07, 6.45) is 11.5. The molecule has 0 bridgehead atoms. The maximum atomic E-state index is 12.0. The van der Waals surface area contributed by atoms with Crippen LogP contribution in [0.3, 0.4) is 0 Å². The van der Waals surface area contributed by atoms with Crippen molar-refractivity contribution in [2.75, 3.05) is 19.7 Å². The number of aliphatic hydroxyl groups excluding tert-OH is 1. The first-order chi connectivity index (χ1) is 9.31. The first-order valence-corrected chi connectivity index (χ1v) is 7.96. The molecule has 0 spiro atoms. The molecule has 2 saturated carbocycles. The zero-order valence-corrected chi connectivity index (χ0v) is 11.9. The van der Waals surface area contributed by atoms with Gasteiger partial charge in [-0.25, -0.2) is 4.79 Å². The van der Waals surface area contributed by atoms with Crippen LogP contribution in [0.5, 0.6) is 0 Å². The zero-order valence-electron chi connectivity index (χ0n) is 11.9. The molecule has 0 atom stereocenters. The third-order valence-electron chi connectivity index (χ3n) is 4.38. The van der Waals surface area contributed by atoms with Crippen LogP contribution in [0.1, 0.15) is 57.8 Å². The number of nitrogens with one attached hydrogen (secondary N) is 1. The van der Waals surface area contributed by atoms with Crippen LogP contribution in [0.25, 0.3) is 0 Å². The Morgan fingerprint density at radius 2 is 1.89 bits per heavy atom. The Kier molecular flexibility index (Phi) is 5.95. The highest BCUT2D eigenvalue weighted by atomic mass is 16.3. The molecule has 2 aliphatic carbocycles. The normalized spacial score (nSPS) is 20.3. The Morgan fingerprint density at radius 1 is 1.16 bits per heavy atom. The second-order valence-corrected chi connectivity index (χ2v) is 6.03. The van der Waals surface area contributed by atoms with E-state index >= 15 is 0 Å². The molecule has 0 heterocycles. The maximum Gasteiger partial charge on any atom is 0.317 e. The molecule has 110 valence electrons. The fourth-order valence-electron chi connectivity index (χ4n) is 3.11. The van der Waals surface area contributed by atoms with Crippen LogP contribution in [0.15, 0.2) is 0 Å². The summed E-state index contributed by atoms with van der Waals surface area (Å²) >= 11 is 0. The Hall–Kier alpha value is -0.770. The van der Waals surface area contributed by atoms with Crippen LogP contribution < -0.4 is 5.32 Å². The quantitative estimate of drug-likeness (QED) is 0.697. The van der Waals surface area contributed by atoms with Crippen LogP contribution >= 0.6 is 0 Å². The summed E-state index contributed by atoms with van der Waals surface area (Å²) in [5.41, 5.74) is 0. The summed E-state index contributed by atoms with van der Waals surface area (Å²) in [5.74, 6) is 0.891. The molecule has 0 unspecified atom stereocenters. The predicted molar refractivity (Wildman–Crippen MR) is 76.0 cm³/mol. The smallest absolute Gasteiger partial charge is 0.317 e. The third-order valence-corrected chi connectivity index (χ3v) is 4.38. The lowest BCUT2D eigenvalue weighted by Crippen LogP contribution is -2.43. The Balaban J connectivity index is 1.57. The lowest BCUT2D eigenvalue weighted by molar-refractivity contribution is 0.173. The number of hydrogen-bond acceptors (Lipinski definition) is 2. The van der Waals surface area contributed by atoms with E-state index in [4.69, 9.17) is 5.11 Å². The first kappa shape index (κ1) is 14.6. The molecule has 2 fully saturated rings. The number of carbonyl (C=O) groups is 1. The Morgan fingerprint density at radius 3 is 2.53 bits per heavy atom. The van der Waals surface area contributed by atoms with Crippen molar-refractivity contribution >= 4 is 6.03 Å². The number of carbonyl (C=O) groups excluding carboxylic acids is 1. The van der Waals surface area contributed by atoms with Gasteiger partial charge in [0.05, 0.1) is 6.61 Å². The second-order valence-electron chi connectivity index (χ2n) is 6.03. The molecule has 4 heteroatoms. The van der Waals surface area contributed by atoms with E-state index in [1.807, 2.05) is 0 Å². The monoisotopic (exact) mass is 268 g/mol. The lowest BCUT2D eigenvalue weighted by Gasteiger charge is -2.23. The molecule has 2 aliphatic rings. The largest absolute Gasteiger partial charge is 0.395 e. The summed E-state index contributed by atoms with van der Waals surface area (Å²) in [5, 5.41) is 12.0. The van der Waals surface area contributed by atoms with Crippen molar-refractivity contribution in [3.8, 4) is 0 Å². The van der Waals surface area contributed by atoms with Crippen LogP contribution in [0, 0.1) is 5.92 Å². The summed E-state index contributed by atoms with van der Waals surface area (Å²) in [6, 6.07) is 0.394. The maximum absolute atomic E-state index is 12.0. The Labute approximate surface area is 116 Å². The highest BCUT2D eigenvalue weighted by molar-refractivity contribution is 5.74. The number of nitrogens with zero attached hydrogens (tertiary/aromatic N) is 1. The van der Waals surface area contributed by atoms with Gasteiger partial charge < -0.3 is 15.3 Å². The van der Waals surface area contributed by atoms with E-state index in [2.05, 4.69) is 5.32 Å². The standard InChI is InChI=1S/C15H28N2O2/c18-12-11-17(14-8-9-14)15(19)16-10-4-7-13-5-2-1-3-6-13/h13-14,18H,1-12H2,(H,16,19). The van der Waals surface area contributed by atoms with E-state index in [1.54, 1.807) is 4.90 Å². The molecular weight excluding hydrogens is 240 g/mol. The van der Waals surface area contributed by atoms with Gasteiger partial charge in [-0.05, 0) is 31.6 Å². The molecule has 2 N–H and O–H groups in total. The van der Waals surface area contributed by atoms with Crippen molar-refractivity contribution in [2.24, 2.45) is 5.92 Å². The number of amides is 2. The van der Waals surface area contributed by atoms with Crippen LogP contribution in [-0.2, 0) is 0 Å². The van der Waals surface area contributed by atoms with E-state index < -0.39 is 0 Å². The SMILES string of the molecule is O=C(NCCCC1CCCCC1)N(CCO)C1CC1. The van der Waals surface area contributed by atoms with E-state index in [9.17, 15) is 4.79 Å². The number of hydrogen-bond donors (Lipinski definition) is 2. The first-order valence-electron chi connectivity index (χ1n) is 7.96. The molecule has 0 saturated heterocycles. The molecule has 0 aliphatic heterocycles. The minimum absolute atomic E-state index is 0.0141. The van der Waals surface area contributed by atoms with Gasteiger partial charge in [0.2, 0.25) is 0 Å². The molecule has 0 aromatic carbocycles. The van der Waals surface area contributed by atoms with Crippen molar-refractivity contribution in [3.05, 3.63) is 0 Å². The van der Waals surface area contributed by atoms with Crippen molar-refractivity contribution in [2.45, 2.75) is 63.8 Å². The molecule has 4 nitrogen and oxygen atoms in total. The summed E-state index contributed by atoms with van der Waals surface area (Å²) in [6.45, 7) is 1.31. The topological polar surface area (TPSA) is 52.6 Å². The lowest BCUT2D eigenvalue weighted by atomic mass is 9.86. The molecule has 19 heavy (non-hydrogen) atoms.